The standard InChI is InChI=1S/C20H19N7O4S/c1-32(30,31)26-13-4-2-3-11(7-13)15-9-16(22-12-5-6-12)18-21-10-14(27(18)25-15)8-17-19(28)24-20(29)23-17/h2-4,7-10,12,22,26H,5-6H2,1H3,(H2,23,24,28,29)/b17-8-. The number of rotatable bonds is 6. The molecule has 2 fully saturated rings. The minimum absolute atomic E-state index is 0.0973. The van der Waals surface area contributed by atoms with Crippen molar-refractivity contribution in [3.63, 3.8) is 0 Å². The maximum atomic E-state index is 11.9. The number of hydrogen-bond acceptors (Lipinski definition) is 7. The van der Waals surface area contributed by atoms with Gasteiger partial charge in [-0.2, -0.15) is 5.10 Å². The fourth-order valence-corrected chi connectivity index (χ4v) is 3.92. The highest BCUT2D eigenvalue weighted by Crippen LogP contribution is 2.31. The molecule has 3 aromatic rings. The van der Waals surface area contributed by atoms with E-state index in [0.717, 1.165) is 24.8 Å². The number of nitrogens with zero attached hydrogens (tertiary/aromatic N) is 3. The Morgan fingerprint density at radius 3 is 2.69 bits per heavy atom. The molecule has 4 N–H and O–H groups in total. The lowest BCUT2D eigenvalue weighted by atomic mass is 10.1. The van der Waals surface area contributed by atoms with Gasteiger partial charge in [0, 0.05) is 17.3 Å². The van der Waals surface area contributed by atoms with Crippen LogP contribution < -0.4 is 20.7 Å². The number of benzene rings is 1. The molecule has 11 nitrogen and oxygen atoms in total. The molecule has 1 saturated carbocycles. The number of imidazole rings is 1. The second-order valence-corrected chi connectivity index (χ2v) is 9.45. The van der Waals surface area contributed by atoms with Crippen molar-refractivity contribution in [1.82, 2.24) is 25.2 Å². The zero-order valence-electron chi connectivity index (χ0n) is 16.9. The van der Waals surface area contributed by atoms with Gasteiger partial charge in [-0.05, 0) is 37.1 Å². The Labute approximate surface area is 183 Å². The predicted octanol–water partition coefficient (Wildman–Crippen LogP) is 1.52. The number of imide groups is 1. The zero-order chi connectivity index (χ0) is 22.5. The van der Waals surface area contributed by atoms with Gasteiger partial charge in [0.25, 0.3) is 5.91 Å². The van der Waals surface area contributed by atoms with E-state index in [1.54, 1.807) is 28.9 Å². The molecule has 0 bridgehead atoms. The van der Waals surface area contributed by atoms with E-state index in [0.29, 0.717) is 34.3 Å². The molecule has 1 aromatic carbocycles. The zero-order valence-corrected chi connectivity index (χ0v) is 17.7. The lowest BCUT2D eigenvalue weighted by Crippen LogP contribution is -2.22. The third-order valence-electron chi connectivity index (χ3n) is 4.90. The fraction of sp³-hybridized carbons (Fsp3) is 0.200. The van der Waals surface area contributed by atoms with Crippen LogP contribution in [0.1, 0.15) is 18.5 Å². The van der Waals surface area contributed by atoms with Crippen molar-refractivity contribution >= 4 is 45.1 Å². The summed E-state index contributed by atoms with van der Waals surface area (Å²) in [5, 5.41) is 12.7. The Morgan fingerprint density at radius 2 is 2.00 bits per heavy atom. The van der Waals surface area contributed by atoms with E-state index >= 15 is 0 Å². The molecule has 2 aliphatic rings. The molecule has 3 amide bonds. The SMILES string of the molecule is CS(=O)(=O)Nc1cccc(-c2cc(NC3CC3)c3ncc(/C=C4\NC(=O)NC4=O)n3n2)c1. The lowest BCUT2D eigenvalue weighted by molar-refractivity contribution is -0.115. The van der Waals surface area contributed by atoms with Gasteiger partial charge < -0.3 is 10.6 Å². The van der Waals surface area contributed by atoms with Crippen molar-refractivity contribution < 1.29 is 18.0 Å². The van der Waals surface area contributed by atoms with Crippen molar-refractivity contribution in [3.8, 4) is 11.3 Å². The van der Waals surface area contributed by atoms with Gasteiger partial charge in [-0.15, -0.1) is 0 Å². The normalized spacial score (nSPS) is 17.5. The quantitative estimate of drug-likeness (QED) is 0.327. The van der Waals surface area contributed by atoms with Gasteiger partial charge in [0.05, 0.1) is 29.5 Å². The Hall–Kier alpha value is -3.93. The molecule has 164 valence electrons. The highest BCUT2D eigenvalue weighted by atomic mass is 32.2. The molecule has 1 saturated heterocycles. The Kier molecular flexibility index (Phi) is 4.59. The maximum absolute atomic E-state index is 11.9. The summed E-state index contributed by atoms with van der Waals surface area (Å²) in [6.07, 6.45) is 6.27. The smallest absolute Gasteiger partial charge is 0.326 e. The van der Waals surface area contributed by atoms with Crippen LogP contribution in [0.4, 0.5) is 16.2 Å². The van der Waals surface area contributed by atoms with Crippen LogP contribution in [0.5, 0.6) is 0 Å². The monoisotopic (exact) mass is 453 g/mol. The van der Waals surface area contributed by atoms with Crippen LogP contribution in [0, 0.1) is 0 Å². The Morgan fingerprint density at radius 1 is 1.19 bits per heavy atom. The van der Waals surface area contributed by atoms with Gasteiger partial charge in [0.1, 0.15) is 5.70 Å². The van der Waals surface area contributed by atoms with Crippen LogP contribution in [-0.4, -0.2) is 47.3 Å². The van der Waals surface area contributed by atoms with Crippen LogP contribution >= 0.6 is 0 Å². The summed E-state index contributed by atoms with van der Waals surface area (Å²) in [5.41, 5.74) is 3.63. The largest absolute Gasteiger partial charge is 0.379 e. The summed E-state index contributed by atoms with van der Waals surface area (Å²) < 4.78 is 27.3. The van der Waals surface area contributed by atoms with E-state index < -0.39 is 22.0 Å². The number of amides is 3. The first-order valence-corrected chi connectivity index (χ1v) is 11.7. The van der Waals surface area contributed by atoms with Crippen molar-refractivity contribution in [2.75, 3.05) is 16.3 Å². The van der Waals surface area contributed by atoms with Crippen LogP contribution in [0.2, 0.25) is 0 Å². The lowest BCUT2D eigenvalue weighted by Gasteiger charge is -2.11. The Bertz CT molecular complexity index is 1410. The summed E-state index contributed by atoms with van der Waals surface area (Å²) in [5.74, 6) is -0.531. The van der Waals surface area contributed by atoms with E-state index in [4.69, 9.17) is 0 Å². The number of aromatic nitrogens is 3. The molecule has 0 radical (unpaired) electrons. The molecular formula is C20H19N7O4S. The molecule has 5 rings (SSSR count). The van der Waals surface area contributed by atoms with Crippen LogP contribution in [0.3, 0.4) is 0 Å². The van der Waals surface area contributed by atoms with E-state index in [9.17, 15) is 18.0 Å². The van der Waals surface area contributed by atoms with E-state index in [2.05, 4.69) is 30.8 Å². The summed E-state index contributed by atoms with van der Waals surface area (Å²) >= 11 is 0. The molecule has 1 aliphatic heterocycles. The molecule has 0 atom stereocenters. The number of nitrogens with one attached hydrogen (secondary N) is 4. The molecule has 0 spiro atoms. The summed E-state index contributed by atoms with van der Waals surface area (Å²) in [6, 6.07) is 8.53. The molecule has 0 unspecified atom stereocenters. The molecule has 12 heteroatoms. The second kappa shape index (κ2) is 7.34. The molecule has 3 heterocycles. The molecular weight excluding hydrogens is 434 g/mol. The number of sulfonamides is 1. The Balaban J connectivity index is 1.62. The van der Waals surface area contributed by atoms with Gasteiger partial charge in [-0.25, -0.2) is 22.7 Å². The average molecular weight is 453 g/mol. The number of carbonyl (C=O) groups is 2. The van der Waals surface area contributed by atoms with Gasteiger partial charge >= 0.3 is 6.03 Å². The van der Waals surface area contributed by atoms with Crippen LogP contribution in [-0.2, 0) is 14.8 Å². The highest BCUT2D eigenvalue weighted by Gasteiger charge is 2.25. The maximum Gasteiger partial charge on any atom is 0.326 e. The number of hydrogen-bond donors (Lipinski definition) is 4. The third kappa shape index (κ3) is 4.12. The fourth-order valence-electron chi connectivity index (χ4n) is 3.37. The molecule has 32 heavy (non-hydrogen) atoms. The van der Waals surface area contributed by atoms with Gasteiger partial charge in [-0.3, -0.25) is 14.8 Å². The van der Waals surface area contributed by atoms with Gasteiger partial charge in [0.15, 0.2) is 5.65 Å². The topological polar surface area (TPSA) is 147 Å². The number of fused-ring (bicyclic) bond motifs is 1. The molecule has 1 aliphatic carbocycles. The van der Waals surface area contributed by atoms with Gasteiger partial charge in [0.2, 0.25) is 10.0 Å². The second-order valence-electron chi connectivity index (χ2n) is 7.70. The number of anilines is 2. The highest BCUT2D eigenvalue weighted by molar-refractivity contribution is 7.92. The summed E-state index contributed by atoms with van der Waals surface area (Å²) in [6.45, 7) is 0. The molecule has 2 aromatic heterocycles. The number of urea groups is 1. The minimum Gasteiger partial charge on any atom is -0.379 e. The number of carbonyl (C=O) groups excluding carboxylic acids is 2. The van der Waals surface area contributed by atoms with Gasteiger partial charge in [-0.1, -0.05) is 12.1 Å². The first-order chi connectivity index (χ1) is 15.2. The van der Waals surface area contributed by atoms with Crippen molar-refractivity contribution in [3.05, 3.63) is 47.9 Å². The van der Waals surface area contributed by atoms with Crippen LogP contribution in [0.25, 0.3) is 23.0 Å². The predicted molar refractivity (Wildman–Crippen MR) is 118 cm³/mol. The first-order valence-electron chi connectivity index (χ1n) is 9.83. The van der Waals surface area contributed by atoms with Crippen molar-refractivity contribution in [2.24, 2.45) is 0 Å². The minimum atomic E-state index is -3.43. The van der Waals surface area contributed by atoms with E-state index in [1.165, 1.54) is 6.08 Å². The van der Waals surface area contributed by atoms with Crippen molar-refractivity contribution in [2.45, 2.75) is 18.9 Å². The average Bonchev–Trinajstić information content (AvgIpc) is 3.35. The first kappa shape index (κ1) is 20.0. The van der Waals surface area contributed by atoms with E-state index in [1.807, 2.05) is 12.1 Å². The van der Waals surface area contributed by atoms with E-state index in [-0.39, 0.29) is 5.70 Å². The third-order valence-corrected chi connectivity index (χ3v) is 5.51. The van der Waals surface area contributed by atoms with Crippen molar-refractivity contribution in [1.29, 1.82) is 0 Å². The summed E-state index contributed by atoms with van der Waals surface area (Å²) in [4.78, 5) is 27.8. The summed E-state index contributed by atoms with van der Waals surface area (Å²) in [7, 11) is -3.43. The van der Waals surface area contributed by atoms with Crippen LogP contribution in [0.15, 0.2) is 42.2 Å².